The molecular weight excluding hydrogens is 328 g/mol. The Balaban J connectivity index is 1.60. The molecule has 26 heavy (non-hydrogen) atoms. The lowest BCUT2D eigenvalue weighted by Crippen LogP contribution is -2.43. The Morgan fingerprint density at radius 1 is 1.12 bits per heavy atom. The second-order valence-electron chi connectivity index (χ2n) is 6.44. The molecule has 0 bridgehead atoms. The first kappa shape index (κ1) is 18.0. The molecular formula is C21H24N2O3. The first-order chi connectivity index (χ1) is 12.7. The lowest BCUT2D eigenvalue weighted by molar-refractivity contribution is -0.123. The van der Waals surface area contributed by atoms with Crippen molar-refractivity contribution in [3.8, 4) is 5.75 Å². The highest BCUT2D eigenvalue weighted by Gasteiger charge is 2.26. The maximum atomic E-state index is 12.4. The van der Waals surface area contributed by atoms with Crippen LogP contribution in [0.2, 0.25) is 0 Å². The van der Waals surface area contributed by atoms with Crippen molar-refractivity contribution in [2.24, 2.45) is 0 Å². The van der Waals surface area contributed by atoms with Gasteiger partial charge < -0.3 is 10.1 Å². The molecule has 0 aliphatic carbocycles. The van der Waals surface area contributed by atoms with E-state index in [4.69, 9.17) is 4.74 Å². The number of rotatable bonds is 7. The lowest BCUT2D eigenvalue weighted by Gasteiger charge is -2.28. The Hall–Kier alpha value is -2.82. The number of aryl methyl sites for hydroxylation is 1. The van der Waals surface area contributed by atoms with Crippen LogP contribution in [0.5, 0.6) is 5.75 Å². The third-order valence-electron chi connectivity index (χ3n) is 4.42. The van der Waals surface area contributed by atoms with Gasteiger partial charge in [0, 0.05) is 5.69 Å². The summed E-state index contributed by atoms with van der Waals surface area (Å²) in [6.45, 7) is 2.12. The first-order valence-electron chi connectivity index (χ1n) is 9.08. The normalized spacial score (nSPS) is 13.1. The Bertz CT molecular complexity index is 771. The van der Waals surface area contributed by atoms with Crippen molar-refractivity contribution in [3.63, 3.8) is 0 Å². The number of amides is 2. The van der Waals surface area contributed by atoms with Gasteiger partial charge in [0.2, 0.25) is 5.91 Å². The van der Waals surface area contributed by atoms with Gasteiger partial charge in [0.1, 0.15) is 12.3 Å². The summed E-state index contributed by atoms with van der Waals surface area (Å²) in [5.41, 5.74) is 2.64. The Kier molecular flexibility index (Phi) is 5.89. The number of benzene rings is 2. The number of ether oxygens (including phenoxy) is 1. The van der Waals surface area contributed by atoms with Gasteiger partial charge in [-0.15, -0.1) is 0 Å². The first-order valence-corrected chi connectivity index (χ1v) is 9.08. The number of unbranched alkanes of at least 4 members (excludes halogenated alkanes) is 2. The third-order valence-corrected chi connectivity index (χ3v) is 4.42. The van der Waals surface area contributed by atoms with Gasteiger partial charge in [0.25, 0.3) is 5.91 Å². The van der Waals surface area contributed by atoms with Crippen LogP contribution in [0.25, 0.3) is 0 Å². The van der Waals surface area contributed by atoms with Gasteiger partial charge in [-0.05, 0) is 42.7 Å². The monoisotopic (exact) mass is 352 g/mol. The molecule has 2 aromatic carbocycles. The van der Waals surface area contributed by atoms with Crippen LogP contribution in [0.15, 0.2) is 48.5 Å². The van der Waals surface area contributed by atoms with Crippen LogP contribution in [-0.4, -0.2) is 25.0 Å². The van der Waals surface area contributed by atoms with Gasteiger partial charge in [-0.2, -0.15) is 0 Å². The van der Waals surface area contributed by atoms with E-state index in [0.29, 0.717) is 11.4 Å². The Labute approximate surface area is 154 Å². The summed E-state index contributed by atoms with van der Waals surface area (Å²) in [6, 6.07) is 15.1. The van der Waals surface area contributed by atoms with E-state index in [1.807, 2.05) is 36.4 Å². The van der Waals surface area contributed by atoms with Crippen LogP contribution in [-0.2, 0) is 16.0 Å². The predicted molar refractivity (Wildman–Crippen MR) is 103 cm³/mol. The smallest absolute Gasteiger partial charge is 0.265 e. The number of anilines is 2. The number of para-hydroxylation sites is 2. The molecule has 0 fully saturated rings. The number of carbonyl (C=O) groups is 2. The fraction of sp³-hybridized carbons (Fsp3) is 0.333. The molecule has 0 spiro atoms. The summed E-state index contributed by atoms with van der Waals surface area (Å²) in [5.74, 6) is 0.176. The van der Waals surface area contributed by atoms with E-state index in [1.165, 1.54) is 29.7 Å². The SMILES string of the molecule is CCCCCc1ccc(NC(=O)CN2C(=O)COc3ccccc32)cc1. The van der Waals surface area contributed by atoms with Crippen LogP contribution < -0.4 is 15.0 Å². The zero-order valence-corrected chi connectivity index (χ0v) is 15.0. The average Bonchev–Trinajstić information content (AvgIpc) is 2.66. The molecule has 3 rings (SSSR count). The minimum Gasteiger partial charge on any atom is -0.482 e. The summed E-state index contributed by atoms with van der Waals surface area (Å²) in [6.07, 6.45) is 4.67. The second-order valence-corrected chi connectivity index (χ2v) is 6.44. The van der Waals surface area contributed by atoms with Crippen LogP contribution in [0.4, 0.5) is 11.4 Å². The second kappa shape index (κ2) is 8.52. The molecule has 0 aromatic heterocycles. The standard InChI is InChI=1S/C21H24N2O3/c1-2-3-4-7-16-10-12-17(13-11-16)22-20(24)14-23-18-8-5-6-9-19(18)26-15-21(23)25/h5-6,8-13H,2-4,7,14-15H2,1H3,(H,22,24). The number of fused-ring (bicyclic) bond motifs is 1. The molecule has 0 unspecified atom stereocenters. The van der Waals surface area contributed by atoms with Crippen molar-refractivity contribution >= 4 is 23.2 Å². The van der Waals surface area contributed by atoms with Crippen molar-refractivity contribution in [2.75, 3.05) is 23.4 Å². The van der Waals surface area contributed by atoms with Gasteiger partial charge >= 0.3 is 0 Å². The quantitative estimate of drug-likeness (QED) is 0.772. The van der Waals surface area contributed by atoms with Crippen molar-refractivity contribution in [1.29, 1.82) is 0 Å². The largest absolute Gasteiger partial charge is 0.482 e. The molecule has 1 N–H and O–H groups in total. The van der Waals surface area contributed by atoms with E-state index in [2.05, 4.69) is 12.2 Å². The molecule has 2 aromatic rings. The Morgan fingerprint density at radius 2 is 1.88 bits per heavy atom. The summed E-state index contributed by atoms with van der Waals surface area (Å²) in [7, 11) is 0. The molecule has 5 nitrogen and oxygen atoms in total. The molecule has 0 saturated carbocycles. The summed E-state index contributed by atoms with van der Waals surface area (Å²) in [4.78, 5) is 26.0. The molecule has 0 atom stereocenters. The fourth-order valence-electron chi connectivity index (χ4n) is 3.01. The minimum atomic E-state index is -0.228. The molecule has 0 radical (unpaired) electrons. The summed E-state index contributed by atoms with van der Waals surface area (Å²) < 4.78 is 5.40. The van der Waals surface area contributed by atoms with E-state index >= 15 is 0 Å². The highest BCUT2D eigenvalue weighted by Crippen LogP contribution is 2.31. The number of nitrogens with zero attached hydrogens (tertiary/aromatic N) is 1. The van der Waals surface area contributed by atoms with Crippen LogP contribution in [0.1, 0.15) is 31.7 Å². The highest BCUT2D eigenvalue weighted by atomic mass is 16.5. The third kappa shape index (κ3) is 4.42. The Morgan fingerprint density at radius 3 is 2.65 bits per heavy atom. The molecule has 1 aliphatic heterocycles. The number of hydrogen-bond acceptors (Lipinski definition) is 3. The average molecular weight is 352 g/mol. The van der Waals surface area contributed by atoms with E-state index in [0.717, 1.165) is 12.1 Å². The number of nitrogens with one attached hydrogen (secondary N) is 1. The molecule has 5 heteroatoms. The van der Waals surface area contributed by atoms with E-state index in [9.17, 15) is 9.59 Å². The van der Waals surface area contributed by atoms with Crippen molar-refractivity contribution < 1.29 is 14.3 Å². The van der Waals surface area contributed by atoms with E-state index in [-0.39, 0.29) is 25.0 Å². The molecule has 0 saturated heterocycles. The van der Waals surface area contributed by atoms with Gasteiger partial charge in [0.15, 0.2) is 6.61 Å². The summed E-state index contributed by atoms with van der Waals surface area (Å²) in [5, 5.41) is 2.86. The summed E-state index contributed by atoms with van der Waals surface area (Å²) >= 11 is 0. The van der Waals surface area contributed by atoms with Crippen molar-refractivity contribution in [3.05, 3.63) is 54.1 Å². The molecule has 1 heterocycles. The van der Waals surface area contributed by atoms with Crippen LogP contribution in [0, 0.1) is 0 Å². The number of hydrogen-bond donors (Lipinski definition) is 1. The molecule has 136 valence electrons. The van der Waals surface area contributed by atoms with Crippen LogP contribution in [0.3, 0.4) is 0 Å². The van der Waals surface area contributed by atoms with Gasteiger partial charge in [0.05, 0.1) is 5.69 Å². The van der Waals surface area contributed by atoms with E-state index in [1.54, 1.807) is 12.1 Å². The highest BCUT2D eigenvalue weighted by molar-refractivity contribution is 6.04. The minimum absolute atomic E-state index is 0.0303. The zero-order chi connectivity index (χ0) is 18.4. The lowest BCUT2D eigenvalue weighted by atomic mass is 10.1. The molecule has 2 amide bonds. The van der Waals surface area contributed by atoms with Crippen LogP contribution >= 0.6 is 0 Å². The van der Waals surface area contributed by atoms with Crippen molar-refractivity contribution in [1.82, 2.24) is 0 Å². The maximum Gasteiger partial charge on any atom is 0.265 e. The van der Waals surface area contributed by atoms with Crippen molar-refractivity contribution in [2.45, 2.75) is 32.6 Å². The maximum absolute atomic E-state index is 12.4. The number of carbonyl (C=O) groups excluding carboxylic acids is 2. The topological polar surface area (TPSA) is 58.6 Å². The van der Waals surface area contributed by atoms with Gasteiger partial charge in [-0.25, -0.2) is 0 Å². The fourth-order valence-corrected chi connectivity index (χ4v) is 3.01. The molecule has 1 aliphatic rings. The predicted octanol–water partition coefficient (Wildman–Crippen LogP) is 3.78. The van der Waals surface area contributed by atoms with Gasteiger partial charge in [-0.3, -0.25) is 14.5 Å². The van der Waals surface area contributed by atoms with Gasteiger partial charge in [-0.1, -0.05) is 44.0 Å². The van der Waals surface area contributed by atoms with E-state index < -0.39 is 0 Å². The zero-order valence-electron chi connectivity index (χ0n) is 15.0.